The average molecular weight is 186 g/mol. The molecule has 0 aromatic heterocycles. The van der Waals surface area contributed by atoms with E-state index in [-0.39, 0.29) is 18.4 Å². The number of nitrogens with two attached hydrogens (primary N) is 1. The summed E-state index contributed by atoms with van der Waals surface area (Å²) in [5, 5.41) is 8.90. The second kappa shape index (κ2) is 3.64. The summed E-state index contributed by atoms with van der Waals surface area (Å²) in [6.45, 7) is 4.96. The Morgan fingerprint density at radius 1 is 1.69 bits per heavy atom. The Morgan fingerprint density at radius 2 is 2.31 bits per heavy atom. The normalized spacial score (nSPS) is 23.7. The van der Waals surface area contributed by atoms with Gasteiger partial charge in [0, 0.05) is 25.6 Å². The standard InChI is InChI=1S/C9H18N2O2/c1-9(2,10)8(13)11-4-3-7(5-11)6-12/h7,12H,3-6,10H2,1-2H3. The zero-order chi connectivity index (χ0) is 10.1. The lowest BCUT2D eigenvalue weighted by Crippen LogP contribution is -2.50. The second-order valence-corrected chi connectivity index (χ2v) is 4.31. The first-order valence-corrected chi connectivity index (χ1v) is 4.64. The topological polar surface area (TPSA) is 66.6 Å². The molecule has 0 aromatic rings. The number of amides is 1. The maximum atomic E-state index is 11.6. The first-order valence-electron chi connectivity index (χ1n) is 4.64. The van der Waals surface area contributed by atoms with Crippen LogP contribution in [0.2, 0.25) is 0 Å². The summed E-state index contributed by atoms with van der Waals surface area (Å²) < 4.78 is 0. The summed E-state index contributed by atoms with van der Waals surface area (Å²) in [5.41, 5.74) is 4.90. The lowest BCUT2D eigenvalue weighted by atomic mass is 10.1. The minimum absolute atomic E-state index is 0.0246. The van der Waals surface area contributed by atoms with Crippen molar-refractivity contribution in [3.63, 3.8) is 0 Å². The van der Waals surface area contributed by atoms with Crippen molar-refractivity contribution in [1.29, 1.82) is 0 Å². The van der Waals surface area contributed by atoms with Gasteiger partial charge in [0.2, 0.25) is 5.91 Å². The van der Waals surface area contributed by atoms with Crippen LogP contribution in [-0.2, 0) is 4.79 Å². The van der Waals surface area contributed by atoms with Crippen LogP contribution in [0.4, 0.5) is 0 Å². The van der Waals surface area contributed by atoms with E-state index in [2.05, 4.69) is 0 Å². The van der Waals surface area contributed by atoms with Gasteiger partial charge in [-0.3, -0.25) is 4.79 Å². The van der Waals surface area contributed by atoms with E-state index < -0.39 is 5.54 Å². The Labute approximate surface area is 78.7 Å². The Morgan fingerprint density at radius 3 is 2.69 bits per heavy atom. The minimum Gasteiger partial charge on any atom is -0.396 e. The Bertz CT molecular complexity index is 198. The number of likely N-dealkylation sites (tertiary alicyclic amines) is 1. The molecule has 1 amide bonds. The SMILES string of the molecule is CC(C)(N)C(=O)N1CCC(CO)C1. The molecule has 0 radical (unpaired) electrons. The first-order chi connectivity index (χ1) is 5.95. The summed E-state index contributed by atoms with van der Waals surface area (Å²) in [6.07, 6.45) is 0.887. The van der Waals surface area contributed by atoms with E-state index in [1.54, 1.807) is 18.7 Å². The van der Waals surface area contributed by atoms with Gasteiger partial charge in [-0.25, -0.2) is 0 Å². The summed E-state index contributed by atoms with van der Waals surface area (Å²) >= 11 is 0. The van der Waals surface area contributed by atoms with Gasteiger partial charge in [0.1, 0.15) is 0 Å². The molecule has 1 aliphatic heterocycles. The van der Waals surface area contributed by atoms with E-state index in [1.165, 1.54) is 0 Å². The van der Waals surface area contributed by atoms with Crippen LogP contribution < -0.4 is 5.73 Å². The molecule has 0 aliphatic carbocycles. The van der Waals surface area contributed by atoms with Gasteiger partial charge in [0.25, 0.3) is 0 Å². The summed E-state index contributed by atoms with van der Waals surface area (Å²) in [6, 6.07) is 0. The molecule has 1 heterocycles. The number of hydrogen-bond acceptors (Lipinski definition) is 3. The highest BCUT2D eigenvalue weighted by Crippen LogP contribution is 2.18. The largest absolute Gasteiger partial charge is 0.396 e. The maximum absolute atomic E-state index is 11.6. The molecule has 0 spiro atoms. The Kier molecular flexibility index (Phi) is 2.93. The van der Waals surface area contributed by atoms with Gasteiger partial charge in [-0.2, -0.15) is 0 Å². The average Bonchev–Trinajstić information content (AvgIpc) is 2.48. The highest BCUT2D eigenvalue weighted by Gasteiger charge is 2.32. The fourth-order valence-electron chi connectivity index (χ4n) is 1.57. The fourth-order valence-corrected chi connectivity index (χ4v) is 1.57. The van der Waals surface area contributed by atoms with Crippen LogP contribution in [0.15, 0.2) is 0 Å². The van der Waals surface area contributed by atoms with Crippen molar-refractivity contribution < 1.29 is 9.90 Å². The van der Waals surface area contributed by atoms with Crippen LogP contribution in [0.1, 0.15) is 20.3 Å². The van der Waals surface area contributed by atoms with E-state index in [0.29, 0.717) is 6.54 Å². The predicted octanol–water partition coefficient (Wildman–Crippen LogP) is -0.435. The quantitative estimate of drug-likeness (QED) is 0.614. The molecule has 1 rings (SSSR count). The molecule has 0 bridgehead atoms. The molecule has 0 aromatic carbocycles. The molecule has 13 heavy (non-hydrogen) atoms. The highest BCUT2D eigenvalue weighted by molar-refractivity contribution is 5.85. The molecule has 1 atom stereocenters. The Hall–Kier alpha value is -0.610. The first kappa shape index (κ1) is 10.5. The highest BCUT2D eigenvalue weighted by atomic mass is 16.3. The van der Waals surface area contributed by atoms with E-state index in [9.17, 15) is 4.79 Å². The molecular formula is C9H18N2O2. The molecular weight excluding hydrogens is 168 g/mol. The van der Waals surface area contributed by atoms with Gasteiger partial charge in [-0.05, 0) is 20.3 Å². The monoisotopic (exact) mass is 186 g/mol. The van der Waals surface area contributed by atoms with Gasteiger partial charge in [0.15, 0.2) is 0 Å². The number of aliphatic hydroxyl groups excluding tert-OH is 1. The molecule has 1 unspecified atom stereocenters. The van der Waals surface area contributed by atoms with Crippen LogP contribution in [0.3, 0.4) is 0 Å². The predicted molar refractivity (Wildman–Crippen MR) is 50.0 cm³/mol. The third-order valence-electron chi connectivity index (χ3n) is 2.38. The number of carbonyl (C=O) groups is 1. The number of carbonyl (C=O) groups excluding carboxylic acids is 1. The summed E-state index contributed by atoms with van der Waals surface area (Å²) in [4.78, 5) is 13.4. The van der Waals surface area contributed by atoms with E-state index >= 15 is 0 Å². The third kappa shape index (κ3) is 2.42. The minimum atomic E-state index is -0.787. The lowest BCUT2D eigenvalue weighted by Gasteiger charge is -2.25. The third-order valence-corrected chi connectivity index (χ3v) is 2.38. The molecule has 0 saturated carbocycles. The van der Waals surface area contributed by atoms with Crippen molar-refractivity contribution in [2.24, 2.45) is 11.7 Å². The van der Waals surface area contributed by atoms with E-state index in [1.807, 2.05) is 0 Å². The fraction of sp³-hybridized carbons (Fsp3) is 0.889. The van der Waals surface area contributed by atoms with Crippen LogP contribution in [-0.4, -0.2) is 41.1 Å². The molecule has 1 aliphatic rings. The van der Waals surface area contributed by atoms with Crippen LogP contribution in [0, 0.1) is 5.92 Å². The van der Waals surface area contributed by atoms with Crippen molar-refractivity contribution in [2.75, 3.05) is 19.7 Å². The second-order valence-electron chi connectivity index (χ2n) is 4.31. The van der Waals surface area contributed by atoms with Gasteiger partial charge in [-0.15, -0.1) is 0 Å². The molecule has 4 heteroatoms. The van der Waals surface area contributed by atoms with E-state index in [4.69, 9.17) is 10.8 Å². The number of nitrogens with zero attached hydrogens (tertiary/aromatic N) is 1. The lowest BCUT2D eigenvalue weighted by molar-refractivity contribution is -0.134. The smallest absolute Gasteiger partial charge is 0.242 e. The number of aliphatic hydroxyl groups is 1. The van der Waals surface area contributed by atoms with Crippen molar-refractivity contribution in [3.8, 4) is 0 Å². The molecule has 4 nitrogen and oxygen atoms in total. The number of hydrogen-bond donors (Lipinski definition) is 2. The van der Waals surface area contributed by atoms with Crippen molar-refractivity contribution in [2.45, 2.75) is 25.8 Å². The maximum Gasteiger partial charge on any atom is 0.242 e. The van der Waals surface area contributed by atoms with Crippen molar-refractivity contribution >= 4 is 5.91 Å². The van der Waals surface area contributed by atoms with Crippen LogP contribution >= 0.6 is 0 Å². The van der Waals surface area contributed by atoms with Gasteiger partial charge >= 0.3 is 0 Å². The van der Waals surface area contributed by atoms with Crippen molar-refractivity contribution in [1.82, 2.24) is 4.90 Å². The molecule has 1 fully saturated rings. The Balaban J connectivity index is 2.52. The molecule has 76 valence electrons. The van der Waals surface area contributed by atoms with Gasteiger partial charge in [0.05, 0.1) is 5.54 Å². The zero-order valence-corrected chi connectivity index (χ0v) is 8.29. The van der Waals surface area contributed by atoms with Gasteiger partial charge < -0.3 is 15.7 Å². The summed E-state index contributed by atoms with van der Waals surface area (Å²) in [5.74, 6) is 0.217. The van der Waals surface area contributed by atoms with Crippen LogP contribution in [0.25, 0.3) is 0 Å². The number of rotatable bonds is 2. The van der Waals surface area contributed by atoms with E-state index in [0.717, 1.165) is 13.0 Å². The molecule has 3 N–H and O–H groups in total. The molecule has 1 saturated heterocycles. The van der Waals surface area contributed by atoms with Crippen LogP contribution in [0.5, 0.6) is 0 Å². The van der Waals surface area contributed by atoms with Crippen molar-refractivity contribution in [3.05, 3.63) is 0 Å². The summed E-state index contributed by atoms with van der Waals surface area (Å²) in [7, 11) is 0. The van der Waals surface area contributed by atoms with Gasteiger partial charge in [-0.1, -0.05) is 0 Å². The zero-order valence-electron chi connectivity index (χ0n) is 8.29.